The van der Waals surface area contributed by atoms with E-state index in [9.17, 15) is 0 Å². The predicted octanol–water partition coefficient (Wildman–Crippen LogP) is 2.80. The van der Waals surface area contributed by atoms with Crippen molar-refractivity contribution in [3.63, 3.8) is 0 Å². The molecule has 0 aromatic heterocycles. The van der Waals surface area contributed by atoms with Crippen LogP contribution >= 0.6 is 0 Å². The number of nitriles is 1. The van der Waals surface area contributed by atoms with Gasteiger partial charge in [-0.1, -0.05) is 24.3 Å². The summed E-state index contributed by atoms with van der Waals surface area (Å²) in [7, 11) is 0. The second-order valence-electron chi connectivity index (χ2n) is 4.08. The quantitative estimate of drug-likeness (QED) is 0.804. The Hall–Kier alpha value is -2.47. The van der Waals surface area contributed by atoms with Crippen LogP contribution in [0.15, 0.2) is 48.5 Å². The van der Waals surface area contributed by atoms with Crippen molar-refractivity contribution >= 4 is 11.4 Å². The van der Waals surface area contributed by atoms with Crippen LogP contribution in [0, 0.1) is 11.3 Å². The number of nitrogen functional groups attached to an aromatic ring is 1. The van der Waals surface area contributed by atoms with Gasteiger partial charge >= 0.3 is 0 Å². The lowest BCUT2D eigenvalue weighted by molar-refractivity contribution is 1.02. The van der Waals surface area contributed by atoms with Crippen molar-refractivity contribution in [2.24, 2.45) is 0 Å². The summed E-state index contributed by atoms with van der Waals surface area (Å²) in [5.74, 6) is 0. The van der Waals surface area contributed by atoms with E-state index in [4.69, 9.17) is 11.0 Å². The van der Waals surface area contributed by atoms with Crippen molar-refractivity contribution < 1.29 is 0 Å². The minimum atomic E-state index is 0.676. The van der Waals surface area contributed by atoms with E-state index in [1.807, 2.05) is 48.5 Å². The fraction of sp³-hybridized carbons (Fsp3) is 0.133. The van der Waals surface area contributed by atoms with E-state index in [-0.39, 0.29) is 0 Å². The number of benzene rings is 2. The summed E-state index contributed by atoms with van der Waals surface area (Å²) < 4.78 is 0. The Kier molecular flexibility index (Phi) is 3.83. The molecule has 0 saturated heterocycles. The molecule has 0 unspecified atom stereocenters. The molecule has 2 aromatic rings. The van der Waals surface area contributed by atoms with Gasteiger partial charge < -0.3 is 11.1 Å². The van der Waals surface area contributed by atoms with Gasteiger partial charge in [0.2, 0.25) is 0 Å². The molecular weight excluding hydrogens is 222 g/mol. The molecule has 18 heavy (non-hydrogen) atoms. The summed E-state index contributed by atoms with van der Waals surface area (Å²) in [6.07, 6.45) is 0.903. The Balaban J connectivity index is 1.93. The van der Waals surface area contributed by atoms with Gasteiger partial charge in [0.05, 0.1) is 11.3 Å². The van der Waals surface area contributed by atoms with E-state index >= 15 is 0 Å². The third-order valence-electron chi connectivity index (χ3n) is 2.76. The first-order chi connectivity index (χ1) is 8.79. The molecule has 3 N–H and O–H groups in total. The zero-order valence-electron chi connectivity index (χ0n) is 10.1. The number of nitrogens with one attached hydrogen (secondary N) is 1. The second-order valence-corrected chi connectivity index (χ2v) is 4.08. The highest BCUT2D eigenvalue weighted by Gasteiger charge is 1.99. The summed E-state index contributed by atoms with van der Waals surface area (Å²) in [6, 6.07) is 17.5. The highest BCUT2D eigenvalue weighted by atomic mass is 14.9. The standard InChI is InChI=1S/C15H15N3/c16-11-13-3-1-2-4-15(13)18-10-9-12-5-7-14(17)8-6-12/h1-8,18H,9-10,17H2. The number of hydrogen-bond acceptors (Lipinski definition) is 3. The van der Waals surface area contributed by atoms with Crippen molar-refractivity contribution in [2.75, 3.05) is 17.6 Å². The van der Waals surface area contributed by atoms with Gasteiger partial charge in [0.25, 0.3) is 0 Å². The smallest absolute Gasteiger partial charge is 0.101 e. The molecule has 2 rings (SSSR count). The van der Waals surface area contributed by atoms with Gasteiger partial charge in [-0.2, -0.15) is 5.26 Å². The second kappa shape index (κ2) is 5.74. The molecule has 3 heteroatoms. The van der Waals surface area contributed by atoms with E-state index in [1.54, 1.807) is 0 Å². The summed E-state index contributed by atoms with van der Waals surface area (Å²) in [6.45, 7) is 0.794. The number of para-hydroxylation sites is 1. The summed E-state index contributed by atoms with van der Waals surface area (Å²) in [5.41, 5.74) is 9.20. The van der Waals surface area contributed by atoms with Gasteiger partial charge in [-0.05, 0) is 36.2 Å². The van der Waals surface area contributed by atoms with E-state index in [2.05, 4.69) is 11.4 Å². The fourth-order valence-corrected chi connectivity index (χ4v) is 1.76. The number of nitrogens with two attached hydrogens (primary N) is 1. The molecule has 0 amide bonds. The van der Waals surface area contributed by atoms with Crippen LogP contribution in [0.25, 0.3) is 0 Å². The molecule has 0 fully saturated rings. The maximum absolute atomic E-state index is 8.96. The molecule has 90 valence electrons. The third-order valence-corrected chi connectivity index (χ3v) is 2.76. The zero-order valence-corrected chi connectivity index (χ0v) is 10.1. The molecule has 0 spiro atoms. The van der Waals surface area contributed by atoms with Crippen molar-refractivity contribution in [1.29, 1.82) is 5.26 Å². The maximum Gasteiger partial charge on any atom is 0.101 e. The van der Waals surface area contributed by atoms with E-state index < -0.39 is 0 Å². The van der Waals surface area contributed by atoms with Gasteiger partial charge in [-0.25, -0.2) is 0 Å². The Labute approximate surface area is 107 Å². The lowest BCUT2D eigenvalue weighted by Crippen LogP contribution is -2.06. The van der Waals surface area contributed by atoms with Crippen LogP contribution in [0.5, 0.6) is 0 Å². The minimum Gasteiger partial charge on any atom is -0.399 e. The van der Waals surface area contributed by atoms with Crippen LogP contribution in [0.2, 0.25) is 0 Å². The number of anilines is 2. The number of nitrogens with zero attached hydrogens (tertiary/aromatic N) is 1. The molecule has 0 aliphatic rings. The molecule has 0 aliphatic carbocycles. The van der Waals surface area contributed by atoms with E-state index in [1.165, 1.54) is 5.56 Å². The van der Waals surface area contributed by atoms with Gasteiger partial charge in [0.1, 0.15) is 6.07 Å². The van der Waals surface area contributed by atoms with E-state index in [0.717, 1.165) is 24.3 Å². The average Bonchev–Trinajstić information content (AvgIpc) is 2.41. The van der Waals surface area contributed by atoms with Gasteiger partial charge in [-0.15, -0.1) is 0 Å². The normalized spacial score (nSPS) is 9.72. The number of rotatable bonds is 4. The molecule has 0 radical (unpaired) electrons. The van der Waals surface area contributed by atoms with Gasteiger partial charge in [0.15, 0.2) is 0 Å². The van der Waals surface area contributed by atoms with Crippen LogP contribution in [0.1, 0.15) is 11.1 Å². The van der Waals surface area contributed by atoms with Gasteiger partial charge in [-0.3, -0.25) is 0 Å². The fourth-order valence-electron chi connectivity index (χ4n) is 1.76. The Bertz CT molecular complexity index is 553. The third kappa shape index (κ3) is 3.02. The Morgan fingerprint density at radius 2 is 1.78 bits per heavy atom. The highest BCUT2D eigenvalue weighted by Crippen LogP contribution is 2.13. The first kappa shape index (κ1) is 12.0. The lowest BCUT2D eigenvalue weighted by Gasteiger charge is -2.08. The van der Waals surface area contributed by atoms with Crippen molar-refractivity contribution in [2.45, 2.75) is 6.42 Å². The van der Waals surface area contributed by atoms with Gasteiger partial charge in [0, 0.05) is 12.2 Å². The molecule has 0 heterocycles. The lowest BCUT2D eigenvalue weighted by atomic mass is 10.1. The van der Waals surface area contributed by atoms with Crippen LogP contribution in [0.3, 0.4) is 0 Å². The zero-order chi connectivity index (χ0) is 12.8. The summed E-state index contributed by atoms with van der Waals surface area (Å²) >= 11 is 0. The monoisotopic (exact) mass is 237 g/mol. The van der Waals surface area contributed by atoms with Crippen molar-refractivity contribution in [1.82, 2.24) is 0 Å². The molecule has 0 atom stereocenters. The first-order valence-electron chi connectivity index (χ1n) is 5.87. The molecule has 3 nitrogen and oxygen atoms in total. The number of hydrogen-bond donors (Lipinski definition) is 2. The predicted molar refractivity (Wildman–Crippen MR) is 74.2 cm³/mol. The largest absolute Gasteiger partial charge is 0.399 e. The highest BCUT2D eigenvalue weighted by molar-refractivity contribution is 5.57. The summed E-state index contributed by atoms with van der Waals surface area (Å²) in [4.78, 5) is 0. The van der Waals surface area contributed by atoms with Crippen LogP contribution < -0.4 is 11.1 Å². The Morgan fingerprint density at radius 3 is 2.50 bits per heavy atom. The Morgan fingerprint density at radius 1 is 1.06 bits per heavy atom. The SMILES string of the molecule is N#Cc1ccccc1NCCc1ccc(N)cc1. The van der Waals surface area contributed by atoms with Crippen LogP contribution in [0.4, 0.5) is 11.4 Å². The average molecular weight is 237 g/mol. The van der Waals surface area contributed by atoms with Crippen LogP contribution in [-0.4, -0.2) is 6.54 Å². The van der Waals surface area contributed by atoms with E-state index in [0.29, 0.717) is 5.56 Å². The topological polar surface area (TPSA) is 61.8 Å². The molecule has 0 aliphatic heterocycles. The first-order valence-corrected chi connectivity index (χ1v) is 5.87. The van der Waals surface area contributed by atoms with Crippen molar-refractivity contribution in [3.8, 4) is 6.07 Å². The minimum absolute atomic E-state index is 0.676. The molecular formula is C15H15N3. The molecule has 0 bridgehead atoms. The van der Waals surface area contributed by atoms with Crippen LogP contribution in [-0.2, 0) is 6.42 Å². The molecule has 0 saturated carbocycles. The summed E-state index contributed by atoms with van der Waals surface area (Å²) in [5, 5.41) is 12.2. The van der Waals surface area contributed by atoms with Crippen molar-refractivity contribution in [3.05, 3.63) is 59.7 Å². The molecule has 2 aromatic carbocycles. The maximum atomic E-state index is 8.96.